The standard InChI is InChI=1S/2C11H10O2/c1-2-13-11(12)9-8-10-6-4-3-5-7-10;1-2-10(11(12)13)8-9-6-4-3-5-7-9/h2-9H,1H2;2-8H,1H2,(H,12,13). The molecule has 0 aromatic heterocycles. The molecule has 0 unspecified atom stereocenters. The second-order valence-electron chi connectivity index (χ2n) is 4.87. The predicted octanol–water partition coefficient (Wildman–Crippen LogP) is 4.73. The minimum atomic E-state index is -0.959. The van der Waals surface area contributed by atoms with E-state index in [0.29, 0.717) is 0 Å². The van der Waals surface area contributed by atoms with Crippen molar-refractivity contribution in [2.45, 2.75) is 0 Å². The molecule has 0 heterocycles. The third kappa shape index (κ3) is 8.26. The number of carboxylic acids is 1. The molecule has 1 N–H and O–H groups in total. The summed E-state index contributed by atoms with van der Waals surface area (Å²) in [4.78, 5) is 21.4. The first kappa shape index (κ1) is 20.4. The summed E-state index contributed by atoms with van der Waals surface area (Å²) in [5, 5.41) is 8.70. The van der Waals surface area contributed by atoms with Crippen molar-refractivity contribution < 1.29 is 19.4 Å². The largest absolute Gasteiger partial charge is 0.478 e. The maximum atomic E-state index is 10.8. The molecular formula is C22H20O4. The molecular weight excluding hydrogens is 328 g/mol. The summed E-state index contributed by atoms with van der Waals surface area (Å²) in [5.74, 6) is -1.38. The topological polar surface area (TPSA) is 63.6 Å². The molecule has 0 fully saturated rings. The Labute approximate surface area is 153 Å². The molecule has 4 heteroatoms. The maximum absolute atomic E-state index is 10.8. The second kappa shape index (κ2) is 11.8. The Hall–Kier alpha value is -3.66. The van der Waals surface area contributed by atoms with Crippen molar-refractivity contribution in [3.63, 3.8) is 0 Å². The van der Waals surface area contributed by atoms with Crippen LogP contribution in [0.2, 0.25) is 0 Å². The molecule has 0 saturated carbocycles. The van der Waals surface area contributed by atoms with E-state index in [9.17, 15) is 9.59 Å². The van der Waals surface area contributed by atoms with Crippen molar-refractivity contribution >= 4 is 24.1 Å². The first-order chi connectivity index (χ1) is 12.6. The first-order valence-corrected chi connectivity index (χ1v) is 7.74. The van der Waals surface area contributed by atoms with Gasteiger partial charge in [-0.1, -0.05) is 79.9 Å². The van der Waals surface area contributed by atoms with Crippen molar-refractivity contribution in [2.24, 2.45) is 0 Å². The second-order valence-corrected chi connectivity index (χ2v) is 4.87. The van der Waals surface area contributed by atoms with E-state index >= 15 is 0 Å². The molecule has 0 amide bonds. The highest BCUT2D eigenvalue weighted by molar-refractivity contribution is 5.95. The van der Waals surface area contributed by atoms with Crippen LogP contribution in [0.4, 0.5) is 0 Å². The lowest BCUT2D eigenvalue weighted by Crippen LogP contribution is -1.96. The average Bonchev–Trinajstić information content (AvgIpc) is 2.66. The fourth-order valence-electron chi connectivity index (χ4n) is 1.79. The van der Waals surface area contributed by atoms with Gasteiger partial charge in [0.15, 0.2) is 0 Å². The van der Waals surface area contributed by atoms with Crippen LogP contribution in [-0.4, -0.2) is 17.0 Å². The van der Waals surface area contributed by atoms with Crippen LogP contribution in [0.5, 0.6) is 0 Å². The number of aliphatic carboxylic acids is 1. The zero-order valence-electron chi connectivity index (χ0n) is 14.2. The van der Waals surface area contributed by atoms with Crippen LogP contribution in [0.15, 0.2) is 97.8 Å². The third-order valence-electron chi connectivity index (χ3n) is 3.00. The SMILES string of the molecule is C=CC(=Cc1ccccc1)C(=O)O.C=COC(=O)C=Cc1ccccc1. The summed E-state index contributed by atoms with van der Waals surface area (Å²) in [6.45, 7) is 6.71. The van der Waals surface area contributed by atoms with Gasteiger partial charge < -0.3 is 9.84 Å². The van der Waals surface area contributed by atoms with Crippen LogP contribution in [0.25, 0.3) is 12.2 Å². The van der Waals surface area contributed by atoms with E-state index in [1.807, 2.05) is 60.7 Å². The van der Waals surface area contributed by atoms with Crippen LogP contribution >= 0.6 is 0 Å². The van der Waals surface area contributed by atoms with Gasteiger partial charge in [0.25, 0.3) is 0 Å². The van der Waals surface area contributed by atoms with Gasteiger partial charge >= 0.3 is 11.9 Å². The molecule has 0 saturated heterocycles. The fourth-order valence-corrected chi connectivity index (χ4v) is 1.79. The van der Waals surface area contributed by atoms with Crippen molar-refractivity contribution in [3.8, 4) is 0 Å². The monoisotopic (exact) mass is 348 g/mol. The molecule has 2 aromatic rings. The summed E-state index contributed by atoms with van der Waals surface area (Å²) in [6, 6.07) is 18.8. The number of carbonyl (C=O) groups is 2. The van der Waals surface area contributed by atoms with Gasteiger partial charge in [-0.15, -0.1) is 0 Å². The Kier molecular flexibility index (Phi) is 9.26. The van der Waals surface area contributed by atoms with Crippen LogP contribution in [0, 0.1) is 0 Å². The third-order valence-corrected chi connectivity index (χ3v) is 3.00. The quantitative estimate of drug-likeness (QED) is 0.355. The maximum Gasteiger partial charge on any atom is 0.335 e. The molecule has 4 nitrogen and oxygen atoms in total. The van der Waals surface area contributed by atoms with E-state index in [0.717, 1.165) is 17.4 Å². The van der Waals surface area contributed by atoms with Gasteiger partial charge in [0.1, 0.15) is 0 Å². The van der Waals surface area contributed by atoms with Gasteiger partial charge in [-0.05, 0) is 23.3 Å². The van der Waals surface area contributed by atoms with Crippen LogP contribution in [0.1, 0.15) is 11.1 Å². The number of rotatable bonds is 6. The Balaban J connectivity index is 0.000000260. The van der Waals surface area contributed by atoms with Gasteiger partial charge in [0, 0.05) is 6.08 Å². The summed E-state index contributed by atoms with van der Waals surface area (Å²) >= 11 is 0. The molecule has 0 radical (unpaired) electrons. The Morgan fingerprint density at radius 3 is 1.88 bits per heavy atom. The van der Waals surface area contributed by atoms with Gasteiger partial charge in [0.2, 0.25) is 0 Å². The number of benzene rings is 2. The van der Waals surface area contributed by atoms with Crippen LogP contribution < -0.4 is 0 Å². The van der Waals surface area contributed by atoms with E-state index in [1.54, 1.807) is 12.2 Å². The normalized spacial score (nSPS) is 10.4. The van der Waals surface area contributed by atoms with Crippen molar-refractivity contribution in [2.75, 3.05) is 0 Å². The molecule has 0 atom stereocenters. The highest BCUT2D eigenvalue weighted by Crippen LogP contribution is 2.07. The minimum absolute atomic E-state index is 0.200. The average molecular weight is 348 g/mol. The number of carboxylic acid groups (broad SMARTS) is 1. The lowest BCUT2D eigenvalue weighted by molar-refractivity contribution is -0.133. The number of esters is 1. The van der Waals surface area contributed by atoms with Crippen LogP contribution in [-0.2, 0) is 14.3 Å². The molecule has 0 aliphatic heterocycles. The molecule has 132 valence electrons. The summed E-state index contributed by atoms with van der Waals surface area (Å²) < 4.78 is 4.50. The van der Waals surface area contributed by atoms with Gasteiger partial charge in [0.05, 0.1) is 11.8 Å². The van der Waals surface area contributed by atoms with Crippen LogP contribution in [0.3, 0.4) is 0 Å². The number of hydrogen-bond donors (Lipinski definition) is 1. The minimum Gasteiger partial charge on any atom is -0.478 e. The number of ether oxygens (including phenoxy) is 1. The highest BCUT2D eigenvalue weighted by atomic mass is 16.5. The zero-order valence-corrected chi connectivity index (χ0v) is 14.2. The number of carbonyl (C=O) groups excluding carboxylic acids is 1. The van der Waals surface area contributed by atoms with Gasteiger partial charge in [-0.2, -0.15) is 0 Å². The van der Waals surface area contributed by atoms with Gasteiger partial charge in [-0.3, -0.25) is 0 Å². The Morgan fingerprint density at radius 1 is 0.885 bits per heavy atom. The summed E-state index contributed by atoms with van der Waals surface area (Å²) in [5.41, 5.74) is 2.02. The molecule has 0 aliphatic carbocycles. The highest BCUT2D eigenvalue weighted by Gasteiger charge is 2.00. The molecule has 2 aromatic carbocycles. The lowest BCUT2D eigenvalue weighted by Gasteiger charge is -1.94. The molecule has 0 aliphatic rings. The molecule has 2 rings (SSSR count). The van der Waals surface area contributed by atoms with Crippen molar-refractivity contribution in [3.05, 3.63) is 109 Å². The fraction of sp³-hybridized carbons (Fsp3) is 0. The Bertz CT molecular complexity index is 785. The molecule has 0 bridgehead atoms. The summed E-state index contributed by atoms with van der Waals surface area (Å²) in [7, 11) is 0. The van der Waals surface area contributed by atoms with E-state index in [1.165, 1.54) is 12.2 Å². The summed E-state index contributed by atoms with van der Waals surface area (Å²) in [6.07, 6.45) is 7.06. The van der Waals surface area contributed by atoms with Crippen molar-refractivity contribution in [1.82, 2.24) is 0 Å². The van der Waals surface area contributed by atoms with E-state index in [2.05, 4.69) is 17.9 Å². The lowest BCUT2D eigenvalue weighted by atomic mass is 10.1. The Morgan fingerprint density at radius 2 is 1.42 bits per heavy atom. The molecule has 0 spiro atoms. The predicted molar refractivity (Wildman–Crippen MR) is 104 cm³/mol. The van der Waals surface area contributed by atoms with E-state index < -0.39 is 11.9 Å². The van der Waals surface area contributed by atoms with Gasteiger partial charge in [-0.25, -0.2) is 9.59 Å². The van der Waals surface area contributed by atoms with Crippen molar-refractivity contribution in [1.29, 1.82) is 0 Å². The molecule has 26 heavy (non-hydrogen) atoms. The number of hydrogen-bond acceptors (Lipinski definition) is 3. The van der Waals surface area contributed by atoms with E-state index in [4.69, 9.17) is 5.11 Å². The van der Waals surface area contributed by atoms with E-state index in [-0.39, 0.29) is 5.57 Å². The zero-order chi connectivity index (χ0) is 19.2. The first-order valence-electron chi connectivity index (χ1n) is 7.74. The smallest absolute Gasteiger partial charge is 0.335 e.